The zero-order valence-corrected chi connectivity index (χ0v) is 41.2. The summed E-state index contributed by atoms with van der Waals surface area (Å²) in [5.74, 6) is 0. The number of benzene rings is 9. The Labute approximate surface area is 405 Å². The highest BCUT2D eigenvalue weighted by atomic mass is 14.5. The molecule has 0 nitrogen and oxygen atoms in total. The molecule has 0 heterocycles. The third-order valence-corrected chi connectivity index (χ3v) is 15.8. The molecule has 0 spiro atoms. The molecular weight excluding hydrogens is 817 g/mol. The van der Waals surface area contributed by atoms with Crippen LogP contribution in [0.4, 0.5) is 0 Å². The van der Waals surface area contributed by atoms with E-state index in [4.69, 9.17) is 0 Å². The zero-order chi connectivity index (χ0) is 47.2. The van der Waals surface area contributed by atoms with E-state index in [0.717, 1.165) is 0 Å². The predicted octanol–water partition coefficient (Wildman–Crippen LogP) is 17.6. The fraction of sp³-hybridized carbons (Fsp3) is 0.206. The molecule has 0 aliphatic heterocycles. The summed E-state index contributed by atoms with van der Waals surface area (Å²) < 4.78 is 0. The van der Waals surface area contributed by atoms with Crippen LogP contribution in [-0.2, 0) is 27.1 Å². The first-order valence-electron chi connectivity index (χ1n) is 24.6. The molecule has 1 unspecified atom stereocenters. The van der Waals surface area contributed by atoms with Crippen LogP contribution in [0, 0.1) is 0 Å². The first-order valence-corrected chi connectivity index (χ1v) is 24.6. The molecule has 0 N–H and O–H groups in total. The number of hydrogen-bond acceptors (Lipinski definition) is 0. The molecular formula is C68H62. The molecule has 9 aromatic rings. The normalized spacial score (nSPS) is 15.2. The van der Waals surface area contributed by atoms with E-state index in [1.54, 1.807) is 0 Å². The SMILES string of the molecule is CC(C)(C)c1cc2c(c(C(C)(C)C)c1)C(c1ccccc1)(c1ccccc1)c1ccc(-c3cccc(C(C)(c4ccc(-c5ccccc5)cc4)c4ccc5c(c4)C(C)(C)c4ccccc4-5)c3)cc1-2. The van der Waals surface area contributed by atoms with Crippen LogP contribution in [0.3, 0.4) is 0 Å². The first kappa shape index (κ1) is 43.5. The lowest BCUT2D eigenvalue weighted by atomic mass is 9.63. The Kier molecular flexibility index (Phi) is 10.1. The van der Waals surface area contributed by atoms with Crippen LogP contribution in [0.2, 0.25) is 0 Å². The van der Waals surface area contributed by atoms with Gasteiger partial charge in [-0.3, -0.25) is 0 Å². The minimum Gasteiger partial charge on any atom is -0.0622 e. The summed E-state index contributed by atoms with van der Waals surface area (Å²) in [6.07, 6.45) is 0. The van der Waals surface area contributed by atoms with E-state index in [1.807, 2.05) is 0 Å². The molecule has 11 rings (SSSR count). The van der Waals surface area contributed by atoms with Crippen LogP contribution in [0.15, 0.2) is 212 Å². The fourth-order valence-electron chi connectivity index (χ4n) is 12.0. The van der Waals surface area contributed by atoms with E-state index in [9.17, 15) is 0 Å². The van der Waals surface area contributed by atoms with Gasteiger partial charge in [0.1, 0.15) is 0 Å². The highest BCUT2D eigenvalue weighted by Gasteiger charge is 2.49. The monoisotopic (exact) mass is 878 g/mol. The van der Waals surface area contributed by atoms with Gasteiger partial charge in [-0.2, -0.15) is 0 Å². The van der Waals surface area contributed by atoms with Crippen LogP contribution in [0.1, 0.15) is 124 Å². The molecule has 0 amide bonds. The van der Waals surface area contributed by atoms with Gasteiger partial charge in [-0.15, -0.1) is 0 Å². The van der Waals surface area contributed by atoms with Crippen LogP contribution in [0.25, 0.3) is 44.5 Å². The largest absolute Gasteiger partial charge is 0.0716 e. The summed E-state index contributed by atoms with van der Waals surface area (Å²) in [6.45, 7) is 21.5. The van der Waals surface area contributed by atoms with Gasteiger partial charge in [-0.25, -0.2) is 0 Å². The van der Waals surface area contributed by atoms with Gasteiger partial charge >= 0.3 is 0 Å². The average molecular weight is 879 g/mol. The molecule has 2 aliphatic carbocycles. The van der Waals surface area contributed by atoms with Crippen molar-refractivity contribution in [1.29, 1.82) is 0 Å². The topological polar surface area (TPSA) is 0 Å². The maximum atomic E-state index is 2.53. The van der Waals surface area contributed by atoms with Crippen molar-refractivity contribution in [2.24, 2.45) is 0 Å². The minimum atomic E-state index is -0.502. The molecule has 68 heavy (non-hydrogen) atoms. The summed E-state index contributed by atoms with van der Waals surface area (Å²) in [5.41, 5.74) is 23.7. The van der Waals surface area contributed by atoms with Crippen molar-refractivity contribution in [2.45, 2.75) is 89.4 Å². The van der Waals surface area contributed by atoms with Crippen LogP contribution in [-0.4, -0.2) is 0 Å². The zero-order valence-electron chi connectivity index (χ0n) is 41.2. The van der Waals surface area contributed by atoms with Crippen molar-refractivity contribution >= 4 is 0 Å². The Bertz CT molecular complexity index is 3310. The number of rotatable bonds is 7. The van der Waals surface area contributed by atoms with E-state index in [1.165, 1.54) is 106 Å². The summed E-state index contributed by atoms with van der Waals surface area (Å²) in [4.78, 5) is 0. The molecule has 0 radical (unpaired) electrons. The van der Waals surface area contributed by atoms with Crippen molar-refractivity contribution in [3.8, 4) is 44.5 Å². The van der Waals surface area contributed by atoms with Gasteiger partial charge in [0.25, 0.3) is 0 Å². The van der Waals surface area contributed by atoms with Gasteiger partial charge < -0.3 is 0 Å². The third-order valence-electron chi connectivity index (χ3n) is 15.8. The van der Waals surface area contributed by atoms with E-state index in [2.05, 4.69) is 275 Å². The molecule has 0 heteroatoms. The van der Waals surface area contributed by atoms with Crippen molar-refractivity contribution in [3.05, 3.63) is 274 Å². The molecule has 0 saturated heterocycles. The molecule has 0 bridgehead atoms. The van der Waals surface area contributed by atoms with Crippen molar-refractivity contribution in [2.75, 3.05) is 0 Å². The molecule has 1 atom stereocenters. The lowest BCUT2D eigenvalue weighted by molar-refractivity contribution is 0.557. The van der Waals surface area contributed by atoms with Crippen molar-refractivity contribution in [1.82, 2.24) is 0 Å². The molecule has 0 saturated carbocycles. The van der Waals surface area contributed by atoms with Crippen LogP contribution >= 0.6 is 0 Å². The molecule has 334 valence electrons. The smallest absolute Gasteiger partial charge is 0.0622 e. The van der Waals surface area contributed by atoms with Crippen LogP contribution < -0.4 is 0 Å². The van der Waals surface area contributed by atoms with E-state index in [0.29, 0.717) is 0 Å². The third kappa shape index (κ3) is 6.70. The minimum absolute atomic E-state index is 0.0365. The second-order valence-corrected chi connectivity index (χ2v) is 22.3. The summed E-state index contributed by atoms with van der Waals surface area (Å²) in [5, 5.41) is 0. The molecule has 2 aliphatic rings. The second kappa shape index (κ2) is 15.8. The Balaban J connectivity index is 1.13. The first-order chi connectivity index (χ1) is 32.6. The summed E-state index contributed by atoms with van der Waals surface area (Å²) in [6, 6.07) is 80.7. The lowest BCUT2D eigenvalue weighted by Crippen LogP contribution is -2.32. The average Bonchev–Trinajstić information content (AvgIpc) is 3.78. The van der Waals surface area contributed by atoms with Gasteiger partial charge in [0.05, 0.1) is 5.41 Å². The quantitative estimate of drug-likeness (QED) is 0.140. The van der Waals surface area contributed by atoms with E-state index < -0.39 is 10.8 Å². The Morgan fingerprint density at radius 3 is 1.49 bits per heavy atom. The maximum absolute atomic E-state index is 2.53. The molecule has 9 aromatic carbocycles. The lowest BCUT2D eigenvalue weighted by Gasteiger charge is -2.38. The number of hydrogen-bond donors (Lipinski definition) is 0. The van der Waals surface area contributed by atoms with E-state index in [-0.39, 0.29) is 16.2 Å². The highest BCUT2D eigenvalue weighted by molar-refractivity contribution is 5.91. The van der Waals surface area contributed by atoms with Gasteiger partial charge in [0, 0.05) is 10.8 Å². The second-order valence-electron chi connectivity index (χ2n) is 22.3. The molecule has 0 aromatic heterocycles. The highest BCUT2D eigenvalue weighted by Crippen LogP contribution is 2.60. The summed E-state index contributed by atoms with van der Waals surface area (Å²) >= 11 is 0. The Morgan fingerprint density at radius 1 is 0.309 bits per heavy atom. The Morgan fingerprint density at radius 2 is 0.838 bits per heavy atom. The maximum Gasteiger partial charge on any atom is 0.0716 e. The van der Waals surface area contributed by atoms with Crippen molar-refractivity contribution < 1.29 is 0 Å². The Hall–Kier alpha value is -7.02. The molecule has 0 fully saturated rings. The number of fused-ring (bicyclic) bond motifs is 6. The van der Waals surface area contributed by atoms with Crippen LogP contribution in [0.5, 0.6) is 0 Å². The van der Waals surface area contributed by atoms with E-state index >= 15 is 0 Å². The van der Waals surface area contributed by atoms with Gasteiger partial charge in [0.15, 0.2) is 0 Å². The summed E-state index contributed by atoms with van der Waals surface area (Å²) in [7, 11) is 0. The standard InChI is InChI=1S/C68H62/c1-64(2,3)54-42-58-57-41-48(34-39-60(57)68(50-25-15-11-16-26-50,51-27-17-12-18-28-51)63(58)62(44-54)65(4,5)6)47-24-21-29-52(40-47)67(9,49-35-32-46(33-36-49)45-22-13-10-14-23-45)53-37-38-56-55-30-19-20-31-59(55)66(7,8)61(56)43-53/h10-44H,1-9H3. The van der Waals surface area contributed by atoms with Gasteiger partial charge in [0.2, 0.25) is 0 Å². The predicted molar refractivity (Wildman–Crippen MR) is 288 cm³/mol. The fourth-order valence-corrected chi connectivity index (χ4v) is 12.0. The van der Waals surface area contributed by atoms with Gasteiger partial charge in [-0.1, -0.05) is 256 Å². The van der Waals surface area contributed by atoms with Crippen molar-refractivity contribution in [3.63, 3.8) is 0 Å². The van der Waals surface area contributed by atoms with Gasteiger partial charge in [-0.05, 0) is 136 Å².